The van der Waals surface area contributed by atoms with Crippen molar-refractivity contribution in [2.24, 2.45) is 0 Å². The van der Waals surface area contributed by atoms with Gasteiger partial charge in [0.15, 0.2) is 5.58 Å². The number of aromatic nitrogens is 1. The molecule has 1 aromatic carbocycles. The van der Waals surface area contributed by atoms with Gasteiger partial charge in [-0.1, -0.05) is 17.3 Å². The molecule has 2 aromatic rings. The molecule has 0 saturated carbocycles. The lowest BCUT2D eigenvalue weighted by Crippen LogP contribution is -2.38. The fourth-order valence-electron chi connectivity index (χ4n) is 2.15. The van der Waals surface area contributed by atoms with Crippen LogP contribution in [0.5, 0.6) is 0 Å². The van der Waals surface area contributed by atoms with Gasteiger partial charge in [0.2, 0.25) is 5.91 Å². The highest BCUT2D eigenvalue weighted by molar-refractivity contribution is 5.86. The average Bonchev–Trinajstić information content (AvgIpc) is 2.82. The minimum Gasteiger partial charge on any atom is -0.356 e. The number of hydrogen-bond donors (Lipinski definition) is 0. The number of rotatable bonds is 5. The Bertz CT molecular complexity index is 640. The predicted octanol–water partition coefficient (Wildman–Crippen LogP) is 2.52. The van der Waals surface area contributed by atoms with E-state index in [1.165, 1.54) is 0 Å². The maximum absolute atomic E-state index is 12.3. The molecular weight excluding hydrogens is 254 g/mol. The normalized spacial score (nSPS) is 10.7. The highest BCUT2D eigenvalue weighted by Gasteiger charge is 2.19. The summed E-state index contributed by atoms with van der Waals surface area (Å²) in [6.07, 6.45) is 0.532. The summed E-state index contributed by atoms with van der Waals surface area (Å²) in [7, 11) is 0. The van der Waals surface area contributed by atoms with Gasteiger partial charge < -0.3 is 9.42 Å². The maximum Gasteiger partial charge on any atom is 0.229 e. The van der Waals surface area contributed by atoms with Crippen LogP contribution in [0.4, 0.5) is 0 Å². The molecule has 5 nitrogen and oxygen atoms in total. The molecule has 0 spiro atoms. The molecule has 0 unspecified atom stereocenters. The van der Waals surface area contributed by atoms with Crippen LogP contribution in [0.1, 0.15) is 26.0 Å². The molecule has 5 heteroatoms. The van der Waals surface area contributed by atoms with Crippen molar-refractivity contribution in [3.63, 3.8) is 0 Å². The highest BCUT2D eigenvalue weighted by atomic mass is 16.5. The molecule has 0 aliphatic carbocycles. The van der Waals surface area contributed by atoms with E-state index in [1.807, 2.05) is 38.1 Å². The van der Waals surface area contributed by atoms with Gasteiger partial charge in [-0.2, -0.15) is 5.26 Å². The first kappa shape index (κ1) is 14.1. The van der Waals surface area contributed by atoms with Crippen molar-refractivity contribution >= 4 is 16.9 Å². The topological polar surface area (TPSA) is 70.1 Å². The van der Waals surface area contributed by atoms with E-state index in [0.29, 0.717) is 24.2 Å². The molecule has 0 radical (unpaired) electrons. The van der Waals surface area contributed by atoms with Crippen molar-refractivity contribution in [2.75, 3.05) is 6.54 Å². The first-order chi connectivity index (χ1) is 9.63. The third-order valence-corrected chi connectivity index (χ3v) is 3.18. The Morgan fingerprint density at radius 3 is 2.90 bits per heavy atom. The molecule has 1 heterocycles. The minimum atomic E-state index is -0.0331. The van der Waals surface area contributed by atoms with Crippen LogP contribution in [-0.2, 0) is 11.2 Å². The summed E-state index contributed by atoms with van der Waals surface area (Å²) in [5.74, 6) is -0.0331. The summed E-state index contributed by atoms with van der Waals surface area (Å²) in [6.45, 7) is 4.33. The molecule has 1 aromatic heterocycles. The third kappa shape index (κ3) is 2.97. The van der Waals surface area contributed by atoms with Gasteiger partial charge in [0.05, 0.1) is 18.9 Å². The number of fused-ring (bicyclic) bond motifs is 1. The fraction of sp³-hybridized carbons (Fsp3) is 0.400. The van der Waals surface area contributed by atoms with E-state index in [9.17, 15) is 4.79 Å². The van der Waals surface area contributed by atoms with E-state index < -0.39 is 0 Å². The SMILES string of the molecule is CC(C)N(CCC#N)C(=O)Cc1noc2ccccc12. The number of para-hydroxylation sites is 1. The van der Waals surface area contributed by atoms with Gasteiger partial charge in [-0.15, -0.1) is 0 Å². The Hall–Kier alpha value is -2.35. The zero-order chi connectivity index (χ0) is 14.5. The fourth-order valence-corrected chi connectivity index (χ4v) is 2.15. The van der Waals surface area contributed by atoms with Crippen molar-refractivity contribution in [3.05, 3.63) is 30.0 Å². The number of carbonyl (C=O) groups excluding carboxylic acids is 1. The highest BCUT2D eigenvalue weighted by Crippen LogP contribution is 2.19. The van der Waals surface area contributed by atoms with E-state index in [4.69, 9.17) is 9.78 Å². The van der Waals surface area contributed by atoms with Gasteiger partial charge in [0.1, 0.15) is 5.69 Å². The Kier molecular flexibility index (Phi) is 4.36. The van der Waals surface area contributed by atoms with Crippen LogP contribution in [0.2, 0.25) is 0 Å². The summed E-state index contributed by atoms with van der Waals surface area (Å²) in [4.78, 5) is 14.0. The lowest BCUT2D eigenvalue weighted by Gasteiger charge is -2.25. The molecule has 1 amide bonds. The molecule has 2 rings (SSSR count). The van der Waals surface area contributed by atoms with Crippen molar-refractivity contribution in [3.8, 4) is 6.07 Å². The van der Waals surface area contributed by atoms with E-state index in [1.54, 1.807) is 4.90 Å². The number of benzene rings is 1. The molecular formula is C15H17N3O2. The molecule has 0 fully saturated rings. The molecule has 104 valence electrons. The Morgan fingerprint density at radius 2 is 2.20 bits per heavy atom. The van der Waals surface area contributed by atoms with Crippen molar-refractivity contribution < 1.29 is 9.32 Å². The van der Waals surface area contributed by atoms with Gasteiger partial charge in [-0.05, 0) is 26.0 Å². The largest absolute Gasteiger partial charge is 0.356 e. The second kappa shape index (κ2) is 6.20. The average molecular weight is 271 g/mol. The van der Waals surface area contributed by atoms with Crippen molar-refractivity contribution in [1.29, 1.82) is 5.26 Å². The van der Waals surface area contributed by atoms with Crippen molar-refractivity contribution in [1.82, 2.24) is 10.1 Å². The quantitative estimate of drug-likeness (QED) is 0.837. The third-order valence-electron chi connectivity index (χ3n) is 3.18. The van der Waals surface area contributed by atoms with Crippen LogP contribution >= 0.6 is 0 Å². The smallest absolute Gasteiger partial charge is 0.229 e. The second-order valence-corrected chi connectivity index (χ2v) is 4.89. The van der Waals surface area contributed by atoms with Gasteiger partial charge in [0.25, 0.3) is 0 Å². The number of nitriles is 1. The molecule has 0 aliphatic rings. The van der Waals surface area contributed by atoms with Crippen LogP contribution in [0.25, 0.3) is 11.0 Å². The van der Waals surface area contributed by atoms with Gasteiger partial charge in [-0.25, -0.2) is 0 Å². The van der Waals surface area contributed by atoms with E-state index in [-0.39, 0.29) is 18.4 Å². The number of nitrogens with zero attached hydrogens (tertiary/aromatic N) is 3. The lowest BCUT2D eigenvalue weighted by atomic mass is 10.1. The van der Waals surface area contributed by atoms with E-state index in [0.717, 1.165) is 5.39 Å². The summed E-state index contributed by atoms with van der Waals surface area (Å²) < 4.78 is 5.20. The van der Waals surface area contributed by atoms with Gasteiger partial charge in [0, 0.05) is 18.0 Å². The summed E-state index contributed by atoms with van der Waals surface area (Å²) in [6, 6.07) is 9.61. The lowest BCUT2D eigenvalue weighted by molar-refractivity contribution is -0.132. The number of carbonyl (C=O) groups is 1. The molecule has 20 heavy (non-hydrogen) atoms. The summed E-state index contributed by atoms with van der Waals surface area (Å²) in [5.41, 5.74) is 1.33. The van der Waals surface area contributed by atoms with Crippen LogP contribution in [0, 0.1) is 11.3 Å². The predicted molar refractivity (Wildman–Crippen MR) is 74.8 cm³/mol. The van der Waals surface area contributed by atoms with Gasteiger partial charge >= 0.3 is 0 Å². The summed E-state index contributed by atoms with van der Waals surface area (Å²) in [5, 5.41) is 13.5. The molecule has 0 bridgehead atoms. The molecule has 0 atom stereocenters. The number of amides is 1. The Morgan fingerprint density at radius 1 is 1.45 bits per heavy atom. The van der Waals surface area contributed by atoms with Crippen LogP contribution in [0.3, 0.4) is 0 Å². The zero-order valence-corrected chi connectivity index (χ0v) is 11.7. The monoisotopic (exact) mass is 271 g/mol. The van der Waals surface area contributed by atoms with Crippen LogP contribution in [-0.4, -0.2) is 28.6 Å². The van der Waals surface area contributed by atoms with Gasteiger partial charge in [-0.3, -0.25) is 4.79 Å². The minimum absolute atomic E-state index is 0.0331. The first-order valence-corrected chi connectivity index (χ1v) is 6.63. The van der Waals surface area contributed by atoms with Crippen LogP contribution in [0.15, 0.2) is 28.8 Å². The Balaban J connectivity index is 2.15. The second-order valence-electron chi connectivity index (χ2n) is 4.89. The van der Waals surface area contributed by atoms with E-state index in [2.05, 4.69) is 11.2 Å². The standard InChI is InChI=1S/C15H17N3O2/c1-11(2)18(9-5-8-16)15(19)10-13-12-6-3-4-7-14(12)20-17-13/h3-4,6-7,11H,5,9-10H2,1-2H3. The number of hydrogen-bond acceptors (Lipinski definition) is 4. The summed E-state index contributed by atoms with van der Waals surface area (Å²) >= 11 is 0. The first-order valence-electron chi connectivity index (χ1n) is 6.63. The maximum atomic E-state index is 12.3. The van der Waals surface area contributed by atoms with E-state index >= 15 is 0 Å². The van der Waals surface area contributed by atoms with Crippen LogP contribution < -0.4 is 0 Å². The van der Waals surface area contributed by atoms with Crippen molar-refractivity contribution in [2.45, 2.75) is 32.7 Å². The Labute approximate surface area is 117 Å². The molecule has 0 aliphatic heterocycles. The molecule has 0 N–H and O–H groups in total. The molecule has 0 saturated heterocycles. The zero-order valence-electron chi connectivity index (χ0n) is 11.7.